The molecule has 0 aromatic carbocycles. The van der Waals surface area contributed by atoms with Gasteiger partial charge in [-0.05, 0) is 0 Å². The van der Waals surface area contributed by atoms with Gasteiger partial charge in [-0.25, -0.2) is 0 Å². The molecule has 0 N–H and O–H groups in total. The van der Waals surface area contributed by atoms with Crippen molar-refractivity contribution >= 4 is 6.29 Å². The molecule has 0 aliphatic carbocycles. The van der Waals surface area contributed by atoms with Crippen molar-refractivity contribution in [2.45, 2.75) is 6.54 Å². The molecule has 0 amide bonds. The van der Waals surface area contributed by atoms with Crippen LogP contribution in [0.2, 0.25) is 0 Å². The number of carbonyl (C=O) groups is 1. The molecular formula is C6H6N2O2. The van der Waals surface area contributed by atoms with Crippen molar-refractivity contribution in [2.24, 2.45) is 0 Å². The molecule has 1 aromatic rings. The Morgan fingerprint density at radius 1 is 1.80 bits per heavy atom. The molecule has 2 rings (SSSR count). The highest BCUT2D eigenvalue weighted by Gasteiger charge is 2.13. The zero-order valence-corrected chi connectivity index (χ0v) is 5.28. The molecule has 10 heavy (non-hydrogen) atoms. The van der Waals surface area contributed by atoms with Gasteiger partial charge in [0.25, 0.3) is 6.01 Å². The standard InChI is InChI=1S/C6H6N2O2/c9-4-5-3-8-1-2-10-6(8)7-5/h3-4H,1-2H2. The first kappa shape index (κ1) is 5.46. The Morgan fingerprint density at radius 3 is 3.40 bits per heavy atom. The fourth-order valence-corrected chi connectivity index (χ4v) is 0.986. The zero-order chi connectivity index (χ0) is 6.97. The maximum atomic E-state index is 10.2. The van der Waals surface area contributed by atoms with Gasteiger partial charge in [-0.2, -0.15) is 4.98 Å². The van der Waals surface area contributed by atoms with Crippen molar-refractivity contribution in [3.05, 3.63) is 11.9 Å². The number of hydrogen-bond donors (Lipinski definition) is 0. The van der Waals surface area contributed by atoms with Gasteiger partial charge in [0.15, 0.2) is 6.29 Å². The third-order valence-electron chi connectivity index (χ3n) is 1.44. The predicted octanol–water partition coefficient (Wildman–Crippen LogP) is 0.0880. The van der Waals surface area contributed by atoms with Crippen LogP contribution in [-0.4, -0.2) is 22.4 Å². The lowest BCUT2D eigenvalue weighted by molar-refractivity contribution is 0.111. The maximum absolute atomic E-state index is 10.2. The van der Waals surface area contributed by atoms with Gasteiger partial charge in [0.2, 0.25) is 0 Å². The third kappa shape index (κ3) is 0.618. The van der Waals surface area contributed by atoms with Gasteiger partial charge in [-0.3, -0.25) is 9.36 Å². The summed E-state index contributed by atoms with van der Waals surface area (Å²) in [4.78, 5) is 14.1. The number of ether oxygens (including phenoxy) is 1. The predicted molar refractivity (Wildman–Crippen MR) is 33.1 cm³/mol. The van der Waals surface area contributed by atoms with Gasteiger partial charge in [0.1, 0.15) is 12.3 Å². The number of carbonyl (C=O) groups excluding carboxylic acids is 1. The molecule has 2 heterocycles. The summed E-state index contributed by atoms with van der Waals surface area (Å²) in [5.41, 5.74) is 0.440. The van der Waals surface area contributed by atoms with Crippen molar-refractivity contribution < 1.29 is 9.53 Å². The minimum atomic E-state index is 0.440. The average Bonchev–Trinajstić information content (AvgIpc) is 2.42. The second-order valence-electron chi connectivity index (χ2n) is 2.11. The summed E-state index contributed by atoms with van der Waals surface area (Å²) in [7, 11) is 0. The Kier molecular flexibility index (Phi) is 1.00. The van der Waals surface area contributed by atoms with Gasteiger partial charge in [0, 0.05) is 6.20 Å². The van der Waals surface area contributed by atoms with Crippen molar-refractivity contribution in [3.8, 4) is 6.01 Å². The minimum absolute atomic E-state index is 0.440. The summed E-state index contributed by atoms with van der Waals surface area (Å²) in [6, 6.07) is 0.558. The van der Waals surface area contributed by atoms with Crippen LogP contribution in [0.15, 0.2) is 6.20 Å². The van der Waals surface area contributed by atoms with Crippen molar-refractivity contribution in [1.29, 1.82) is 0 Å². The molecule has 4 nitrogen and oxygen atoms in total. The molecular weight excluding hydrogens is 132 g/mol. The highest BCUT2D eigenvalue weighted by atomic mass is 16.5. The lowest BCUT2D eigenvalue weighted by Gasteiger charge is -1.85. The van der Waals surface area contributed by atoms with Crippen LogP contribution in [0.4, 0.5) is 0 Å². The molecule has 0 radical (unpaired) electrons. The quantitative estimate of drug-likeness (QED) is 0.516. The topological polar surface area (TPSA) is 44.1 Å². The van der Waals surface area contributed by atoms with Crippen molar-refractivity contribution in [2.75, 3.05) is 6.61 Å². The largest absolute Gasteiger partial charge is 0.463 e. The Bertz CT molecular complexity index is 245. The molecule has 0 bridgehead atoms. The highest BCUT2D eigenvalue weighted by Crippen LogP contribution is 2.15. The van der Waals surface area contributed by atoms with Crippen molar-refractivity contribution in [3.63, 3.8) is 0 Å². The summed E-state index contributed by atoms with van der Waals surface area (Å²) in [5, 5.41) is 0. The van der Waals surface area contributed by atoms with E-state index < -0.39 is 0 Å². The van der Waals surface area contributed by atoms with E-state index in [0.29, 0.717) is 24.6 Å². The third-order valence-corrected chi connectivity index (χ3v) is 1.44. The van der Waals surface area contributed by atoms with E-state index in [1.54, 1.807) is 6.20 Å². The van der Waals surface area contributed by atoms with Crippen LogP contribution in [0.25, 0.3) is 0 Å². The fourth-order valence-electron chi connectivity index (χ4n) is 0.986. The van der Waals surface area contributed by atoms with Crippen LogP contribution in [-0.2, 0) is 6.54 Å². The number of imidazole rings is 1. The van der Waals surface area contributed by atoms with Gasteiger partial charge in [-0.15, -0.1) is 0 Å². The van der Waals surface area contributed by atoms with E-state index in [0.717, 1.165) is 6.54 Å². The molecule has 1 aliphatic heterocycles. The lowest BCUT2D eigenvalue weighted by atomic mass is 10.5. The van der Waals surface area contributed by atoms with Crippen LogP contribution in [0.3, 0.4) is 0 Å². The van der Waals surface area contributed by atoms with Crippen LogP contribution in [0, 0.1) is 0 Å². The summed E-state index contributed by atoms with van der Waals surface area (Å²) < 4.78 is 6.90. The Morgan fingerprint density at radius 2 is 2.70 bits per heavy atom. The van der Waals surface area contributed by atoms with E-state index in [1.165, 1.54) is 0 Å². The SMILES string of the molecule is O=Cc1cn2c(n1)OCC2. The molecule has 0 atom stereocenters. The molecule has 1 aliphatic rings. The lowest BCUT2D eigenvalue weighted by Crippen LogP contribution is -1.92. The molecule has 0 saturated carbocycles. The monoisotopic (exact) mass is 138 g/mol. The second kappa shape index (κ2) is 1.83. The summed E-state index contributed by atoms with van der Waals surface area (Å²) in [6.45, 7) is 1.47. The van der Waals surface area contributed by atoms with Gasteiger partial charge in [-0.1, -0.05) is 0 Å². The minimum Gasteiger partial charge on any atom is -0.463 e. The smallest absolute Gasteiger partial charge is 0.297 e. The summed E-state index contributed by atoms with van der Waals surface area (Å²) in [5.74, 6) is 0. The molecule has 0 unspecified atom stereocenters. The van der Waals surface area contributed by atoms with Gasteiger partial charge in [0.05, 0.1) is 6.54 Å². The van der Waals surface area contributed by atoms with E-state index >= 15 is 0 Å². The molecule has 0 spiro atoms. The van der Waals surface area contributed by atoms with E-state index in [9.17, 15) is 4.79 Å². The van der Waals surface area contributed by atoms with Crippen LogP contribution in [0.5, 0.6) is 6.01 Å². The number of rotatable bonds is 1. The first-order chi connectivity index (χ1) is 4.90. The Labute approximate surface area is 57.4 Å². The van der Waals surface area contributed by atoms with Crippen molar-refractivity contribution in [1.82, 2.24) is 9.55 Å². The van der Waals surface area contributed by atoms with Gasteiger partial charge < -0.3 is 4.74 Å². The first-order valence-electron chi connectivity index (χ1n) is 3.05. The molecule has 4 heteroatoms. The number of aromatic nitrogens is 2. The molecule has 52 valence electrons. The Balaban J connectivity index is 2.46. The molecule has 1 aromatic heterocycles. The normalized spacial score (nSPS) is 14.4. The van der Waals surface area contributed by atoms with Crippen LogP contribution < -0.4 is 4.74 Å². The van der Waals surface area contributed by atoms with E-state index in [1.807, 2.05) is 4.57 Å². The average molecular weight is 138 g/mol. The highest BCUT2D eigenvalue weighted by molar-refractivity contribution is 5.71. The number of nitrogens with zero attached hydrogens (tertiary/aromatic N) is 2. The summed E-state index contributed by atoms with van der Waals surface area (Å²) >= 11 is 0. The van der Waals surface area contributed by atoms with Gasteiger partial charge >= 0.3 is 0 Å². The van der Waals surface area contributed by atoms with E-state index in [2.05, 4.69) is 4.98 Å². The summed E-state index contributed by atoms with van der Waals surface area (Å²) in [6.07, 6.45) is 2.41. The zero-order valence-electron chi connectivity index (χ0n) is 5.28. The van der Waals surface area contributed by atoms with E-state index in [4.69, 9.17) is 4.74 Å². The number of hydrogen-bond acceptors (Lipinski definition) is 3. The fraction of sp³-hybridized carbons (Fsp3) is 0.333. The van der Waals surface area contributed by atoms with E-state index in [-0.39, 0.29) is 0 Å². The van der Waals surface area contributed by atoms with Crippen LogP contribution >= 0.6 is 0 Å². The number of fused-ring (bicyclic) bond motifs is 1. The first-order valence-corrected chi connectivity index (χ1v) is 3.05. The van der Waals surface area contributed by atoms with Crippen LogP contribution in [0.1, 0.15) is 10.5 Å². The molecule has 0 fully saturated rings. The number of aldehydes is 1. The second-order valence-corrected chi connectivity index (χ2v) is 2.11. The molecule has 0 saturated heterocycles. The Hall–Kier alpha value is -1.32. The maximum Gasteiger partial charge on any atom is 0.297 e.